The molecule has 0 aliphatic carbocycles. The second-order valence-corrected chi connectivity index (χ2v) is 13.1. The lowest BCUT2D eigenvalue weighted by Crippen LogP contribution is -2.01. The number of benzene rings is 7. The minimum absolute atomic E-state index is 0.638. The summed E-state index contributed by atoms with van der Waals surface area (Å²) in [6.45, 7) is 0. The van der Waals surface area contributed by atoms with Crippen LogP contribution in [0.4, 0.5) is 0 Å². The first-order chi connectivity index (χ1) is 24.3. The zero-order chi connectivity index (χ0) is 32.6. The van der Waals surface area contributed by atoms with E-state index in [9.17, 15) is 0 Å². The third-order valence-electron chi connectivity index (χ3n) is 8.97. The Hall–Kier alpha value is -6.23. The number of fused-ring (bicyclic) bond motifs is 3. The molecule has 4 heteroatoms. The van der Waals surface area contributed by atoms with Gasteiger partial charge in [0, 0.05) is 36.9 Å². The van der Waals surface area contributed by atoms with Crippen molar-refractivity contribution in [3.05, 3.63) is 176 Å². The van der Waals surface area contributed by atoms with Gasteiger partial charge in [-0.3, -0.25) is 0 Å². The highest BCUT2D eigenvalue weighted by Gasteiger charge is 2.16. The minimum Gasteiger partial charge on any atom is -0.208 e. The molecule has 0 atom stereocenters. The molecule has 230 valence electrons. The van der Waals surface area contributed by atoms with E-state index < -0.39 is 0 Å². The third kappa shape index (κ3) is 5.58. The number of hydrogen-bond acceptors (Lipinski definition) is 4. The fourth-order valence-electron chi connectivity index (χ4n) is 6.49. The highest BCUT2D eigenvalue weighted by Crippen LogP contribution is 2.37. The molecular weight excluding hydrogens is 615 g/mol. The molecule has 0 aliphatic rings. The molecule has 7 aromatic carbocycles. The Labute approximate surface area is 288 Å². The summed E-state index contributed by atoms with van der Waals surface area (Å²) < 4.78 is 2.62. The van der Waals surface area contributed by atoms with Crippen LogP contribution in [-0.4, -0.2) is 15.0 Å². The van der Waals surface area contributed by atoms with E-state index in [1.54, 1.807) is 0 Å². The van der Waals surface area contributed by atoms with E-state index in [0.717, 1.165) is 44.5 Å². The van der Waals surface area contributed by atoms with Crippen LogP contribution in [0.5, 0.6) is 0 Å². The first-order valence-corrected chi connectivity index (χ1v) is 17.2. The molecule has 0 fully saturated rings. The largest absolute Gasteiger partial charge is 0.208 e. The molecule has 9 aromatic rings. The average Bonchev–Trinajstić information content (AvgIpc) is 3.57. The third-order valence-corrected chi connectivity index (χ3v) is 10.1. The van der Waals surface area contributed by atoms with E-state index in [-0.39, 0.29) is 0 Å². The standard InChI is InChI=1S/C45H29N3S/c1-3-12-30(13-4-1)34-16-11-17-36(28-34)44-46-43(47-45(48-44)39-20-8-7-18-37(39)32-14-5-2-6-15-32)33-24-22-31(23-25-33)35-26-27-42-40(29-35)38-19-9-10-21-41(38)49-42/h1-29H. The van der Waals surface area contributed by atoms with Crippen molar-refractivity contribution in [3.63, 3.8) is 0 Å². The summed E-state index contributed by atoms with van der Waals surface area (Å²) in [5, 5.41) is 2.60. The Morgan fingerprint density at radius 3 is 1.59 bits per heavy atom. The summed E-state index contributed by atoms with van der Waals surface area (Å²) >= 11 is 1.84. The highest BCUT2D eigenvalue weighted by atomic mass is 32.1. The Morgan fingerprint density at radius 1 is 0.286 bits per heavy atom. The molecule has 3 nitrogen and oxygen atoms in total. The number of thiophene rings is 1. The van der Waals surface area contributed by atoms with Crippen LogP contribution in [0.15, 0.2) is 176 Å². The maximum absolute atomic E-state index is 5.12. The Kier molecular flexibility index (Phi) is 7.34. The van der Waals surface area contributed by atoms with Gasteiger partial charge in [-0.05, 0) is 57.6 Å². The van der Waals surface area contributed by atoms with E-state index in [1.807, 2.05) is 29.5 Å². The smallest absolute Gasteiger partial charge is 0.164 e. The number of hydrogen-bond donors (Lipinski definition) is 0. The Bertz CT molecular complexity index is 2590. The van der Waals surface area contributed by atoms with Crippen LogP contribution in [0.3, 0.4) is 0 Å². The number of nitrogens with zero attached hydrogens (tertiary/aromatic N) is 3. The summed E-state index contributed by atoms with van der Waals surface area (Å²) in [4.78, 5) is 15.3. The summed E-state index contributed by atoms with van der Waals surface area (Å²) in [6.07, 6.45) is 0. The monoisotopic (exact) mass is 643 g/mol. The van der Waals surface area contributed by atoms with Crippen LogP contribution in [0.1, 0.15) is 0 Å². The fraction of sp³-hybridized carbons (Fsp3) is 0. The van der Waals surface area contributed by atoms with Crippen molar-refractivity contribution in [3.8, 4) is 67.5 Å². The predicted octanol–water partition coefficient (Wildman–Crippen LogP) is 12.2. The minimum atomic E-state index is 0.638. The molecule has 0 bridgehead atoms. The van der Waals surface area contributed by atoms with Gasteiger partial charge in [-0.2, -0.15) is 0 Å². The molecule has 2 aromatic heterocycles. The van der Waals surface area contributed by atoms with Gasteiger partial charge in [-0.15, -0.1) is 11.3 Å². The quantitative estimate of drug-likeness (QED) is 0.181. The Morgan fingerprint density at radius 2 is 0.796 bits per heavy atom. The Balaban J connectivity index is 1.16. The molecule has 49 heavy (non-hydrogen) atoms. The predicted molar refractivity (Wildman–Crippen MR) is 205 cm³/mol. The summed E-state index contributed by atoms with van der Waals surface area (Å²) in [5.74, 6) is 1.92. The van der Waals surface area contributed by atoms with Gasteiger partial charge >= 0.3 is 0 Å². The molecule has 2 heterocycles. The molecule has 0 radical (unpaired) electrons. The molecule has 0 N–H and O–H groups in total. The topological polar surface area (TPSA) is 38.7 Å². The van der Waals surface area contributed by atoms with Gasteiger partial charge in [0.15, 0.2) is 17.5 Å². The van der Waals surface area contributed by atoms with Gasteiger partial charge in [-0.25, -0.2) is 15.0 Å². The van der Waals surface area contributed by atoms with Gasteiger partial charge in [0.2, 0.25) is 0 Å². The van der Waals surface area contributed by atoms with Crippen molar-refractivity contribution in [1.82, 2.24) is 15.0 Å². The van der Waals surface area contributed by atoms with E-state index in [0.29, 0.717) is 17.5 Å². The van der Waals surface area contributed by atoms with Crippen molar-refractivity contribution in [2.24, 2.45) is 0 Å². The van der Waals surface area contributed by atoms with E-state index >= 15 is 0 Å². The lowest BCUT2D eigenvalue weighted by molar-refractivity contribution is 1.07. The second-order valence-electron chi connectivity index (χ2n) is 12.1. The highest BCUT2D eigenvalue weighted by molar-refractivity contribution is 7.25. The zero-order valence-electron chi connectivity index (χ0n) is 26.5. The normalized spacial score (nSPS) is 11.3. The van der Waals surface area contributed by atoms with Crippen LogP contribution in [0, 0.1) is 0 Å². The van der Waals surface area contributed by atoms with Gasteiger partial charge < -0.3 is 0 Å². The first-order valence-electron chi connectivity index (χ1n) is 16.4. The first kappa shape index (κ1) is 29.0. The van der Waals surface area contributed by atoms with E-state index in [4.69, 9.17) is 15.0 Å². The zero-order valence-corrected chi connectivity index (χ0v) is 27.3. The van der Waals surface area contributed by atoms with Gasteiger partial charge in [-0.1, -0.05) is 152 Å². The lowest BCUT2D eigenvalue weighted by Gasteiger charge is -2.13. The SMILES string of the molecule is c1ccc(-c2cccc(-c3nc(-c4ccc(-c5ccc6sc7ccccc7c6c5)cc4)nc(-c4ccccc4-c4ccccc4)n3)c2)cc1. The maximum atomic E-state index is 5.12. The summed E-state index contributed by atoms with van der Waals surface area (Å²) in [6, 6.07) is 61.6. The molecule has 0 amide bonds. The molecule has 0 unspecified atom stereocenters. The summed E-state index contributed by atoms with van der Waals surface area (Å²) in [5.41, 5.74) is 9.65. The van der Waals surface area contributed by atoms with Crippen molar-refractivity contribution in [2.45, 2.75) is 0 Å². The van der Waals surface area contributed by atoms with Crippen LogP contribution >= 0.6 is 11.3 Å². The molecule has 0 spiro atoms. The van der Waals surface area contributed by atoms with Crippen molar-refractivity contribution >= 4 is 31.5 Å². The van der Waals surface area contributed by atoms with Gasteiger partial charge in [0.1, 0.15) is 0 Å². The van der Waals surface area contributed by atoms with Crippen LogP contribution in [0.2, 0.25) is 0 Å². The van der Waals surface area contributed by atoms with Gasteiger partial charge in [0.25, 0.3) is 0 Å². The van der Waals surface area contributed by atoms with Crippen molar-refractivity contribution < 1.29 is 0 Å². The van der Waals surface area contributed by atoms with Crippen LogP contribution < -0.4 is 0 Å². The fourth-order valence-corrected chi connectivity index (χ4v) is 7.57. The molecule has 0 saturated carbocycles. The van der Waals surface area contributed by atoms with E-state index in [1.165, 1.54) is 25.7 Å². The molecule has 0 aliphatic heterocycles. The van der Waals surface area contributed by atoms with Crippen LogP contribution in [0.25, 0.3) is 87.7 Å². The molecular formula is C45H29N3S. The summed E-state index contributed by atoms with van der Waals surface area (Å²) in [7, 11) is 0. The number of aromatic nitrogens is 3. The van der Waals surface area contributed by atoms with Crippen LogP contribution in [-0.2, 0) is 0 Å². The lowest BCUT2D eigenvalue weighted by atomic mass is 9.99. The van der Waals surface area contributed by atoms with Crippen molar-refractivity contribution in [2.75, 3.05) is 0 Å². The maximum Gasteiger partial charge on any atom is 0.164 e. The number of rotatable bonds is 6. The second kappa shape index (κ2) is 12.4. The molecule has 9 rings (SSSR count). The average molecular weight is 644 g/mol. The van der Waals surface area contributed by atoms with E-state index in [2.05, 4.69) is 158 Å². The van der Waals surface area contributed by atoms with Gasteiger partial charge in [0.05, 0.1) is 0 Å². The molecule has 0 saturated heterocycles. The van der Waals surface area contributed by atoms with Crippen molar-refractivity contribution in [1.29, 1.82) is 0 Å².